The third kappa shape index (κ3) is 12.0. The summed E-state index contributed by atoms with van der Waals surface area (Å²) < 4.78 is 55.9. The number of aliphatic hydroxyl groups is 16. The lowest BCUT2D eigenvalue weighted by atomic mass is 9.95. The number of hydrogen-bond acceptors (Lipinski definition) is 27. The Bertz CT molecular complexity index is 1320. The fourth-order valence-corrected chi connectivity index (χ4v) is 7.96. The summed E-state index contributed by atoms with van der Waals surface area (Å²) in [6, 6.07) is 0. The van der Waals surface area contributed by atoms with Gasteiger partial charge in [0, 0.05) is 6.61 Å². The van der Waals surface area contributed by atoms with Gasteiger partial charge in [0.2, 0.25) is 0 Å². The van der Waals surface area contributed by atoms with E-state index in [0.29, 0.717) is 13.0 Å². The van der Waals surface area contributed by atoms with Crippen molar-refractivity contribution in [1.29, 1.82) is 0 Å². The minimum absolute atomic E-state index is 0.158. The van der Waals surface area contributed by atoms with Gasteiger partial charge < -0.3 is 135 Å². The molecule has 27 nitrogen and oxygen atoms in total. The average molecular weight is 928 g/mol. The molecule has 5 saturated heterocycles. The predicted molar refractivity (Wildman–Crippen MR) is 198 cm³/mol. The van der Waals surface area contributed by atoms with Crippen LogP contribution in [0.5, 0.6) is 0 Å². The molecule has 370 valence electrons. The number of rotatable bonds is 20. The molecule has 10 unspecified atom stereocenters. The van der Waals surface area contributed by atoms with Crippen molar-refractivity contribution >= 4 is 0 Å². The van der Waals surface area contributed by atoms with Gasteiger partial charge in [0.15, 0.2) is 31.5 Å². The lowest BCUT2D eigenvalue weighted by Gasteiger charge is -2.49. The maximum Gasteiger partial charge on any atom is 0.187 e. The standard InChI is InChI=1S/C36H65NO26/c37-5-3-1-2-4-6-54-32-24(50)19(45)28(13(8-39)56-32)61-34-26(52)21(47)30(15(10-41)58-34)63-36-27(53)22(48)31(16(11-42)59-36)62-35-25(51)20(46)29(14(9-40)57-35)60-33-23(49)18(44)17(43)12(7-38)55-33/h12-36,38-53H,1-11,37H2/t12?,13?,14?,15?,16?,17-,18-,19?,20?,21+,22+,23?,24-,25-,26?,27?,28+,29+,30-,31+,32+,33+,34+,35-,36+/m0/s1. The number of nitrogens with two attached hydrogens (primary N) is 1. The lowest BCUT2D eigenvalue weighted by molar-refractivity contribution is -0.393. The van der Waals surface area contributed by atoms with Gasteiger partial charge in [0.05, 0.1) is 33.0 Å². The third-order valence-electron chi connectivity index (χ3n) is 11.7. The van der Waals surface area contributed by atoms with Gasteiger partial charge in [-0.25, -0.2) is 0 Å². The highest BCUT2D eigenvalue weighted by atomic mass is 16.8. The largest absolute Gasteiger partial charge is 0.394 e. The van der Waals surface area contributed by atoms with E-state index in [1.165, 1.54) is 0 Å². The third-order valence-corrected chi connectivity index (χ3v) is 11.7. The van der Waals surface area contributed by atoms with Crippen molar-refractivity contribution in [2.24, 2.45) is 5.73 Å². The first-order chi connectivity index (χ1) is 30.1. The predicted octanol–water partition coefficient (Wildman–Crippen LogP) is -10.4. The molecule has 27 heteroatoms. The van der Waals surface area contributed by atoms with Crippen molar-refractivity contribution < 1.29 is 129 Å². The number of ether oxygens (including phenoxy) is 10. The van der Waals surface area contributed by atoms with Gasteiger partial charge in [-0.15, -0.1) is 0 Å². The van der Waals surface area contributed by atoms with Crippen molar-refractivity contribution in [2.75, 3.05) is 46.2 Å². The van der Waals surface area contributed by atoms with Crippen molar-refractivity contribution in [3.8, 4) is 0 Å². The first kappa shape index (κ1) is 52.9. The maximum absolute atomic E-state index is 11.2. The van der Waals surface area contributed by atoms with Gasteiger partial charge in [-0.3, -0.25) is 0 Å². The summed E-state index contributed by atoms with van der Waals surface area (Å²) in [6.07, 6.45) is -41.5. The van der Waals surface area contributed by atoms with Gasteiger partial charge in [0.25, 0.3) is 0 Å². The van der Waals surface area contributed by atoms with Crippen molar-refractivity contribution in [1.82, 2.24) is 0 Å². The van der Waals surface area contributed by atoms with Crippen LogP contribution in [-0.2, 0) is 47.4 Å². The van der Waals surface area contributed by atoms with Crippen LogP contribution < -0.4 is 5.73 Å². The van der Waals surface area contributed by atoms with Crippen LogP contribution in [0.2, 0.25) is 0 Å². The van der Waals surface area contributed by atoms with Crippen molar-refractivity contribution in [3.05, 3.63) is 0 Å². The molecule has 25 atom stereocenters. The van der Waals surface area contributed by atoms with Crippen molar-refractivity contribution in [2.45, 2.75) is 179 Å². The highest BCUT2D eigenvalue weighted by molar-refractivity contribution is 4.99. The van der Waals surface area contributed by atoms with Crippen LogP contribution in [0.4, 0.5) is 0 Å². The topological polar surface area (TPSA) is 442 Å². The summed E-state index contributed by atoms with van der Waals surface area (Å²) in [5.41, 5.74) is 5.49. The minimum atomic E-state index is -2.11. The van der Waals surface area contributed by atoms with E-state index in [2.05, 4.69) is 0 Å². The molecule has 18 N–H and O–H groups in total. The van der Waals surface area contributed by atoms with E-state index in [0.717, 1.165) is 19.3 Å². The zero-order chi connectivity index (χ0) is 46.3. The van der Waals surface area contributed by atoms with Gasteiger partial charge in [-0.1, -0.05) is 12.8 Å². The molecule has 0 aromatic heterocycles. The molecule has 0 aliphatic carbocycles. The molecule has 0 aromatic rings. The van der Waals surface area contributed by atoms with Gasteiger partial charge in [-0.2, -0.15) is 0 Å². The Morgan fingerprint density at radius 3 is 0.937 bits per heavy atom. The number of aliphatic hydroxyl groups excluding tert-OH is 16. The fraction of sp³-hybridized carbons (Fsp3) is 1.00. The van der Waals surface area contributed by atoms with Gasteiger partial charge in [-0.05, 0) is 19.4 Å². The average Bonchev–Trinajstić information content (AvgIpc) is 3.28. The minimum Gasteiger partial charge on any atom is -0.394 e. The molecule has 0 spiro atoms. The molecule has 0 bridgehead atoms. The van der Waals surface area contributed by atoms with Crippen LogP contribution in [0.1, 0.15) is 25.7 Å². The molecule has 0 saturated carbocycles. The highest BCUT2D eigenvalue weighted by Gasteiger charge is 2.56. The van der Waals surface area contributed by atoms with Crippen LogP contribution in [0.25, 0.3) is 0 Å². The molecule has 5 rings (SSSR count). The summed E-state index contributed by atoms with van der Waals surface area (Å²) in [5, 5.41) is 169. The molecular formula is C36H65NO26. The summed E-state index contributed by atoms with van der Waals surface area (Å²) in [7, 11) is 0. The fourth-order valence-electron chi connectivity index (χ4n) is 7.96. The lowest BCUT2D eigenvalue weighted by Crippen LogP contribution is -2.68. The first-order valence-electron chi connectivity index (χ1n) is 20.8. The molecule has 5 aliphatic rings. The molecule has 0 aromatic carbocycles. The van der Waals surface area contributed by atoms with Crippen LogP contribution in [-0.4, -0.2) is 281 Å². The second-order valence-electron chi connectivity index (χ2n) is 16.0. The molecular weight excluding hydrogens is 862 g/mol. The SMILES string of the molecule is NCCCCCCO[C@@H]1OC(CO)[C@@H](O[C@H]2OC(CO)[C@H](O[C@H]3OC(CO)[C@@H](O[C@@H]4OC(CO)[C@@H](O[C@H]5OC(CO)[C@H](O)[C@H](O)C5O)C(O)[C@@H]4O)[C@H](O)C3O)[C@H](O)C2O)C(O)[C@@H]1O. The molecule has 5 heterocycles. The highest BCUT2D eigenvalue weighted by Crippen LogP contribution is 2.35. The molecule has 0 radical (unpaired) electrons. The molecule has 5 aliphatic heterocycles. The molecule has 5 fully saturated rings. The van der Waals surface area contributed by atoms with E-state index >= 15 is 0 Å². The van der Waals surface area contributed by atoms with Crippen LogP contribution in [0.3, 0.4) is 0 Å². The Kier molecular flexibility index (Phi) is 20.4. The van der Waals surface area contributed by atoms with E-state index in [9.17, 15) is 81.7 Å². The zero-order valence-electron chi connectivity index (χ0n) is 34.0. The molecule has 0 amide bonds. The quantitative estimate of drug-likeness (QED) is 0.0504. The number of hydrogen-bond donors (Lipinski definition) is 17. The van der Waals surface area contributed by atoms with Crippen molar-refractivity contribution in [3.63, 3.8) is 0 Å². The Balaban J connectivity index is 1.19. The van der Waals surface area contributed by atoms with Crippen LogP contribution in [0.15, 0.2) is 0 Å². The summed E-state index contributed by atoms with van der Waals surface area (Å²) in [5.74, 6) is 0. The molecule has 63 heavy (non-hydrogen) atoms. The second-order valence-corrected chi connectivity index (χ2v) is 16.0. The van der Waals surface area contributed by atoms with Gasteiger partial charge >= 0.3 is 0 Å². The Labute approximate surface area is 360 Å². The smallest absolute Gasteiger partial charge is 0.187 e. The van der Waals surface area contributed by atoms with Gasteiger partial charge in [0.1, 0.15) is 122 Å². The van der Waals surface area contributed by atoms with E-state index in [1.807, 2.05) is 0 Å². The Morgan fingerprint density at radius 2 is 0.603 bits per heavy atom. The Morgan fingerprint density at radius 1 is 0.317 bits per heavy atom. The van der Waals surface area contributed by atoms with E-state index in [1.54, 1.807) is 0 Å². The number of unbranched alkanes of at least 4 members (excludes halogenated alkanes) is 3. The van der Waals surface area contributed by atoms with E-state index in [4.69, 9.17) is 53.1 Å². The zero-order valence-corrected chi connectivity index (χ0v) is 34.0. The Hall–Kier alpha value is -1.08. The maximum atomic E-state index is 11.2. The van der Waals surface area contributed by atoms with Crippen LogP contribution in [0, 0.1) is 0 Å². The first-order valence-corrected chi connectivity index (χ1v) is 20.8. The monoisotopic (exact) mass is 927 g/mol. The summed E-state index contributed by atoms with van der Waals surface area (Å²) >= 11 is 0. The second kappa shape index (κ2) is 24.3. The van der Waals surface area contributed by atoms with Crippen LogP contribution >= 0.6 is 0 Å². The van der Waals surface area contributed by atoms with E-state index in [-0.39, 0.29) is 6.61 Å². The normalized spacial score (nSPS) is 48.6. The summed E-state index contributed by atoms with van der Waals surface area (Å²) in [6.45, 7) is -3.70. The summed E-state index contributed by atoms with van der Waals surface area (Å²) in [4.78, 5) is 0. The van der Waals surface area contributed by atoms with E-state index < -0.39 is 187 Å².